The number of anilines is 3. The predicted octanol–water partition coefficient (Wildman–Crippen LogP) is 5.76. The summed E-state index contributed by atoms with van der Waals surface area (Å²) in [7, 11) is 0. The van der Waals surface area contributed by atoms with Gasteiger partial charge in [0.15, 0.2) is 0 Å². The Kier molecular flexibility index (Phi) is 10.4. The zero-order chi connectivity index (χ0) is 18.8. The summed E-state index contributed by atoms with van der Waals surface area (Å²) >= 11 is 6.45. The molecule has 0 unspecified atom stereocenters. The topological polar surface area (TPSA) is 78.1 Å². The van der Waals surface area contributed by atoms with Crippen molar-refractivity contribution in [1.29, 1.82) is 0 Å². The van der Waals surface area contributed by atoms with Crippen molar-refractivity contribution in [2.24, 2.45) is 0 Å². The van der Waals surface area contributed by atoms with Gasteiger partial charge in [0, 0.05) is 22.1 Å². The third-order valence-electron chi connectivity index (χ3n) is 2.72. The highest BCUT2D eigenvalue weighted by molar-refractivity contribution is 14.1. The first kappa shape index (κ1) is 22.2. The van der Waals surface area contributed by atoms with Crippen LogP contribution in [0.3, 0.4) is 0 Å². The van der Waals surface area contributed by atoms with Gasteiger partial charge in [-0.25, -0.2) is 4.39 Å². The molecule has 0 bridgehead atoms. The minimum Gasteiger partial charge on any atom is -0.399 e. The molecule has 0 atom stereocenters. The average molecular weight is 675 g/mol. The Morgan fingerprint density at radius 1 is 0.640 bits per heavy atom. The molecule has 0 saturated carbocycles. The minimum absolute atomic E-state index is 0.204. The zero-order valence-electron chi connectivity index (χ0n) is 13.1. The summed E-state index contributed by atoms with van der Waals surface area (Å²) in [6.45, 7) is 0. The number of benzene rings is 3. The van der Waals surface area contributed by atoms with Crippen molar-refractivity contribution in [3.8, 4) is 0 Å². The van der Waals surface area contributed by atoms with Crippen LogP contribution >= 0.6 is 67.8 Å². The van der Waals surface area contributed by atoms with Crippen LogP contribution in [0.25, 0.3) is 0 Å². The summed E-state index contributed by atoms with van der Waals surface area (Å²) in [4.78, 5) is 0. The van der Waals surface area contributed by atoms with Gasteiger partial charge in [-0.05, 0) is 116 Å². The molecule has 0 radical (unpaired) electrons. The molecule has 0 spiro atoms. The molecule has 0 aliphatic carbocycles. The van der Waals surface area contributed by atoms with E-state index in [0.29, 0.717) is 0 Å². The summed E-state index contributed by atoms with van der Waals surface area (Å²) in [5.41, 5.74) is 18.1. The highest BCUT2D eigenvalue weighted by Gasteiger charge is 1.95. The lowest BCUT2D eigenvalue weighted by Crippen LogP contribution is -1.89. The molecule has 0 aliphatic heterocycles. The van der Waals surface area contributed by atoms with E-state index in [9.17, 15) is 4.39 Å². The van der Waals surface area contributed by atoms with Crippen molar-refractivity contribution in [3.05, 3.63) is 83.3 Å². The fraction of sp³-hybridized carbons (Fsp3) is 0. The molecular formula is C18H17FI3N3. The maximum absolute atomic E-state index is 12.4. The van der Waals surface area contributed by atoms with Crippen molar-refractivity contribution < 1.29 is 4.39 Å². The van der Waals surface area contributed by atoms with Crippen molar-refractivity contribution in [1.82, 2.24) is 0 Å². The molecular weight excluding hydrogens is 658 g/mol. The number of hydrogen-bond acceptors (Lipinski definition) is 3. The number of rotatable bonds is 0. The molecule has 0 saturated heterocycles. The zero-order valence-corrected chi connectivity index (χ0v) is 19.6. The van der Waals surface area contributed by atoms with Gasteiger partial charge in [-0.2, -0.15) is 0 Å². The Morgan fingerprint density at radius 2 is 1.28 bits per heavy atom. The second-order valence-corrected chi connectivity index (χ2v) is 8.40. The average Bonchev–Trinajstić information content (AvgIpc) is 2.55. The first-order valence-electron chi connectivity index (χ1n) is 7.01. The van der Waals surface area contributed by atoms with E-state index in [1.54, 1.807) is 12.1 Å². The molecule has 3 rings (SSSR count). The smallest absolute Gasteiger partial charge is 0.147 e. The molecule has 3 aromatic carbocycles. The second kappa shape index (κ2) is 11.7. The summed E-state index contributed by atoms with van der Waals surface area (Å²) in [5.74, 6) is -0.345. The van der Waals surface area contributed by atoms with Gasteiger partial charge in [0.25, 0.3) is 0 Å². The first-order valence-corrected chi connectivity index (χ1v) is 10.2. The molecule has 0 fully saturated rings. The lowest BCUT2D eigenvalue weighted by Gasteiger charge is -1.93. The predicted molar refractivity (Wildman–Crippen MR) is 131 cm³/mol. The first-order chi connectivity index (χ1) is 11.8. The van der Waals surface area contributed by atoms with Crippen LogP contribution in [-0.4, -0.2) is 0 Å². The molecule has 3 aromatic rings. The molecule has 132 valence electrons. The Labute approximate surface area is 188 Å². The molecule has 0 aromatic heterocycles. The maximum atomic E-state index is 12.4. The van der Waals surface area contributed by atoms with E-state index in [4.69, 9.17) is 17.2 Å². The van der Waals surface area contributed by atoms with Gasteiger partial charge in [-0.15, -0.1) is 0 Å². The SMILES string of the molecule is Nc1ccc(I)cc1F.Nc1cccc(I)c1.Nc1ccccc1I. The van der Waals surface area contributed by atoms with Gasteiger partial charge >= 0.3 is 0 Å². The van der Waals surface area contributed by atoms with Crippen LogP contribution in [0.4, 0.5) is 21.5 Å². The maximum Gasteiger partial charge on any atom is 0.147 e. The van der Waals surface area contributed by atoms with E-state index in [-0.39, 0.29) is 11.5 Å². The highest BCUT2D eigenvalue weighted by Crippen LogP contribution is 2.13. The van der Waals surface area contributed by atoms with Gasteiger partial charge in [0.1, 0.15) is 5.82 Å². The van der Waals surface area contributed by atoms with Crippen LogP contribution in [0.5, 0.6) is 0 Å². The minimum atomic E-state index is -0.345. The summed E-state index contributed by atoms with van der Waals surface area (Å²) < 4.78 is 15.6. The van der Waals surface area contributed by atoms with Crippen molar-refractivity contribution in [2.75, 3.05) is 17.2 Å². The molecule has 25 heavy (non-hydrogen) atoms. The van der Waals surface area contributed by atoms with Gasteiger partial charge < -0.3 is 17.2 Å². The van der Waals surface area contributed by atoms with E-state index in [2.05, 4.69) is 45.2 Å². The van der Waals surface area contributed by atoms with E-state index < -0.39 is 0 Å². The third-order valence-corrected chi connectivity index (χ3v) is 5.04. The standard InChI is InChI=1S/C6H5FIN.2C6H6IN/c7-5-3-4(8)1-2-6(5)9;7-5-2-1-3-6(8)4-5;7-5-3-1-2-4-6(5)8/h1-3H,9H2;2*1-4H,8H2. The van der Waals surface area contributed by atoms with Gasteiger partial charge in [0.05, 0.1) is 5.69 Å². The van der Waals surface area contributed by atoms with E-state index >= 15 is 0 Å². The third kappa shape index (κ3) is 9.45. The normalized spacial score (nSPS) is 9.28. The van der Waals surface area contributed by atoms with E-state index in [1.807, 2.05) is 71.1 Å². The molecule has 0 heterocycles. The van der Waals surface area contributed by atoms with E-state index in [1.165, 1.54) is 9.64 Å². The molecule has 3 nitrogen and oxygen atoms in total. The molecule has 0 amide bonds. The Hall–Kier alpha value is -0.820. The molecule has 6 N–H and O–H groups in total. The lowest BCUT2D eigenvalue weighted by atomic mass is 10.3. The Morgan fingerprint density at radius 3 is 1.68 bits per heavy atom. The second-order valence-electron chi connectivity index (χ2n) is 4.74. The number of para-hydroxylation sites is 1. The highest BCUT2D eigenvalue weighted by atomic mass is 127. The molecule has 0 aliphatic rings. The number of hydrogen-bond donors (Lipinski definition) is 3. The van der Waals surface area contributed by atoms with Crippen molar-refractivity contribution >= 4 is 84.8 Å². The van der Waals surface area contributed by atoms with Gasteiger partial charge in [-0.1, -0.05) is 18.2 Å². The molecule has 7 heteroatoms. The van der Waals surface area contributed by atoms with Crippen LogP contribution in [0.15, 0.2) is 66.7 Å². The quantitative estimate of drug-likeness (QED) is 0.210. The summed E-state index contributed by atoms with van der Waals surface area (Å²) in [6, 6.07) is 20.2. The monoisotopic (exact) mass is 675 g/mol. The van der Waals surface area contributed by atoms with Crippen LogP contribution in [0, 0.1) is 16.5 Å². The van der Waals surface area contributed by atoms with Crippen LogP contribution in [0.2, 0.25) is 0 Å². The largest absolute Gasteiger partial charge is 0.399 e. The van der Waals surface area contributed by atoms with Crippen molar-refractivity contribution in [2.45, 2.75) is 0 Å². The van der Waals surface area contributed by atoms with Crippen LogP contribution < -0.4 is 17.2 Å². The fourth-order valence-electron chi connectivity index (χ4n) is 1.48. The van der Waals surface area contributed by atoms with Crippen LogP contribution in [0.1, 0.15) is 0 Å². The van der Waals surface area contributed by atoms with Gasteiger partial charge in [0.2, 0.25) is 0 Å². The van der Waals surface area contributed by atoms with E-state index in [0.717, 1.165) is 18.5 Å². The Bertz CT molecular complexity index is 775. The number of halogens is 4. The summed E-state index contributed by atoms with van der Waals surface area (Å²) in [6.07, 6.45) is 0. The Balaban J connectivity index is 0.000000188. The fourth-order valence-corrected chi connectivity index (χ4v) is 2.89. The number of nitrogens with two attached hydrogens (primary N) is 3. The lowest BCUT2D eigenvalue weighted by molar-refractivity contribution is 0.631. The number of nitrogen functional groups attached to an aromatic ring is 3. The van der Waals surface area contributed by atoms with Crippen molar-refractivity contribution in [3.63, 3.8) is 0 Å². The summed E-state index contributed by atoms with van der Waals surface area (Å²) in [5, 5.41) is 0. The van der Waals surface area contributed by atoms with Gasteiger partial charge in [-0.3, -0.25) is 0 Å². The van der Waals surface area contributed by atoms with Crippen LogP contribution in [-0.2, 0) is 0 Å².